The maximum Gasteiger partial charge on any atom is 0.298 e. The summed E-state index contributed by atoms with van der Waals surface area (Å²) >= 11 is 3.08. The maximum absolute atomic E-state index is 13.5. The quantitative estimate of drug-likeness (QED) is 0.0369. The average molecular weight is 618 g/mol. The van der Waals surface area contributed by atoms with Crippen LogP contribution in [0.15, 0.2) is 67.5 Å². The van der Waals surface area contributed by atoms with Gasteiger partial charge in [-0.3, -0.25) is 15.2 Å². The lowest BCUT2D eigenvalue weighted by Crippen LogP contribution is -2.23. The molecule has 0 saturated carbocycles. The van der Waals surface area contributed by atoms with E-state index < -0.39 is 15.9 Å². The van der Waals surface area contributed by atoms with Crippen molar-refractivity contribution < 1.29 is 27.2 Å². The van der Waals surface area contributed by atoms with Crippen molar-refractivity contribution in [3.63, 3.8) is 0 Å². The van der Waals surface area contributed by atoms with E-state index in [0.29, 0.717) is 17.7 Å². The van der Waals surface area contributed by atoms with Gasteiger partial charge in [-0.2, -0.15) is 8.42 Å². The lowest BCUT2D eigenvalue weighted by Gasteiger charge is -2.17. The van der Waals surface area contributed by atoms with Crippen LogP contribution in [-0.2, 0) is 16.5 Å². The second kappa shape index (κ2) is 10.6. The molecule has 0 spiro atoms. The van der Waals surface area contributed by atoms with Crippen molar-refractivity contribution >= 4 is 54.8 Å². The molecule has 15 heteroatoms. The highest BCUT2D eigenvalue weighted by atomic mass is 79.9. The first-order valence-corrected chi connectivity index (χ1v) is 13.7. The van der Waals surface area contributed by atoms with Gasteiger partial charge in [0, 0.05) is 19.5 Å². The van der Waals surface area contributed by atoms with Gasteiger partial charge in [0.1, 0.15) is 10.7 Å². The molecule has 0 unspecified atom stereocenters. The molecule has 0 atom stereocenters. The Bertz CT molecular complexity index is 1710. The highest BCUT2D eigenvalue weighted by molar-refractivity contribution is 9.10. The summed E-state index contributed by atoms with van der Waals surface area (Å²) in [5, 5.41) is 23.2. The number of halogens is 2. The standard InChI is InChI=1S/C24H21BrFN7O5S/c25-17-10-13(5-6-18(17)26)30-24(31-34)21-23(33-38-32-21)29-8-7-28-20-16-9-12-3-1-2-4-14(12)15(16)11-19(27)22(20)39(35,36)37/h1-6,10-11,28,34H,7-9,27H2,(H,29,33)(H,30,31)(H,35,36,37). The second-order valence-corrected chi connectivity index (χ2v) is 10.7. The average Bonchev–Trinajstić information content (AvgIpc) is 3.51. The molecule has 0 radical (unpaired) electrons. The Morgan fingerprint density at radius 3 is 2.64 bits per heavy atom. The molecule has 4 aromatic rings. The molecule has 0 bridgehead atoms. The van der Waals surface area contributed by atoms with Gasteiger partial charge in [-0.25, -0.2) is 14.0 Å². The number of anilines is 3. The van der Waals surface area contributed by atoms with Crippen LogP contribution in [-0.4, -0.2) is 47.4 Å². The molecule has 3 aromatic carbocycles. The number of nitrogens with zero attached hydrogens (tertiary/aromatic N) is 3. The monoisotopic (exact) mass is 617 g/mol. The third-order valence-electron chi connectivity index (χ3n) is 6.03. The van der Waals surface area contributed by atoms with Crippen LogP contribution >= 0.6 is 15.9 Å². The summed E-state index contributed by atoms with van der Waals surface area (Å²) in [7, 11) is -4.63. The van der Waals surface area contributed by atoms with Crippen LogP contribution in [0.4, 0.5) is 27.3 Å². The number of rotatable bonds is 8. The van der Waals surface area contributed by atoms with Gasteiger partial charge in [-0.1, -0.05) is 24.3 Å². The number of benzene rings is 3. The summed E-state index contributed by atoms with van der Waals surface area (Å²) in [5.41, 5.74) is 11.9. The van der Waals surface area contributed by atoms with Gasteiger partial charge < -0.3 is 16.4 Å². The highest BCUT2D eigenvalue weighted by Crippen LogP contribution is 2.45. The second-order valence-electron chi connectivity index (χ2n) is 8.49. The van der Waals surface area contributed by atoms with Crippen LogP contribution in [0.25, 0.3) is 11.1 Å². The van der Waals surface area contributed by atoms with Crippen LogP contribution in [0.3, 0.4) is 0 Å². The SMILES string of the molecule is Nc1cc2c(c(NCCNc3nonc3C(=Nc3ccc(F)c(Br)c3)NO)c1S(=O)(=O)O)Cc1ccccc1-2. The molecule has 39 heavy (non-hydrogen) atoms. The lowest BCUT2D eigenvalue weighted by molar-refractivity contribution is 0.234. The van der Waals surface area contributed by atoms with Crippen LogP contribution in [0.1, 0.15) is 16.8 Å². The molecule has 202 valence electrons. The number of nitrogen functional groups attached to an aromatic ring is 1. The zero-order chi connectivity index (χ0) is 27.7. The maximum atomic E-state index is 13.5. The molecule has 1 aliphatic rings. The van der Waals surface area contributed by atoms with Crippen LogP contribution in [0, 0.1) is 5.82 Å². The zero-order valence-electron chi connectivity index (χ0n) is 19.9. The van der Waals surface area contributed by atoms with Crippen molar-refractivity contribution in [3.8, 4) is 11.1 Å². The Morgan fingerprint density at radius 1 is 1.13 bits per heavy atom. The largest absolute Gasteiger partial charge is 0.398 e. The summed E-state index contributed by atoms with van der Waals surface area (Å²) in [6.45, 7) is 0.356. The third-order valence-corrected chi connectivity index (χ3v) is 7.59. The Morgan fingerprint density at radius 2 is 1.90 bits per heavy atom. The molecule has 0 amide bonds. The summed E-state index contributed by atoms with van der Waals surface area (Å²) in [4.78, 5) is 3.81. The van der Waals surface area contributed by atoms with E-state index in [1.165, 1.54) is 18.2 Å². The fraction of sp³-hybridized carbons (Fsp3) is 0.125. The summed E-state index contributed by atoms with van der Waals surface area (Å²) in [6.07, 6.45) is 0.461. The highest BCUT2D eigenvalue weighted by Gasteiger charge is 2.29. The Kier molecular flexibility index (Phi) is 7.22. The zero-order valence-corrected chi connectivity index (χ0v) is 22.3. The minimum Gasteiger partial charge on any atom is -0.398 e. The van der Waals surface area contributed by atoms with E-state index in [1.54, 1.807) is 6.07 Å². The lowest BCUT2D eigenvalue weighted by atomic mass is 10.0. The Labute approximate surface area is 229 Å². The number of aromatic nitrogens is 2. The minimum atomic E-state index is -4.63. The van der Waals surface area contributed by atoms with Gasteiger partial charge in [0.25, 0.3) is 10.1 Å². The van der Waals surface area contributed by atoms with Crippen LogP contribution in [0.2, 0.25) is 0 Å². The molecule has 0 aliphatic heterocycles. The van der Waals surface area contributed by atoms with Crippen molar-refractivity contribution in [3.05, 3.63) is 75.6 Å². The van der Waals surface area contributed by atoms with Crippen molar-refractivity contribution in [2.45, 2.75) is 11.3 Å². The fourth-order valence-corrected chi connectivity index (χ4v) is 5.56. The molecule has 7 N–H and O–H groups in total. The Balaban J connectivity index is 1.36. The van der Waals surface area contributed by atoms with Crippen molar-refractivity contribution in [1.29, 1.82) is 0 Å². The van der Waals surface area contributed by atoms with E-state index in [-0.39, 0.29) is 51.2 Å². The van der Waals surface area contributed by atoms with Gasteiger partial charge >= 0.3 is 0 Å². The molecular weight excluding hydrogens is 597 g/mol. The van der Waals surface area contributed by atoms with E-state index in [9.17, 15) is 22.6 Å². The number of hydroxylamine groups is 1. The first-order valence-electron chi connectivity index (χ1n) is 11.4. The van der Waals surface area contributed by atoms with Crippen molar-refractivity contribution in [2.75, 3.05) is 29.5 Å². The van der Waals surface area contributed by atoms with Crippen molar-refractivity contribution in [1.82, 2.24) is 15.8 Å². The number of aliphatic imine (C=N–C) groups is 1. The number of nitrogens with two attached hydrogens (primary N) is 1. The molecule has 12 nitrogen and oxygen atoms in total. The van der Waals surface area contributed by atoms with E-state index in [4.69, 9.17) is 10.4 Å². The molecule has 1 aromatic heterocycles. The molecular formula is C24H21BrFN7O5S. The summed E-state index contributed by atoms with van der Waals surface area (Å²) < 4.78 is 52.9. The number of hydrogen-bond acceptors (Lipinski definition) is 10. The molecule has 5 rings (SSSR count). The Hall–Kier alpha value is -4.05. The van der Waals surface area contributed by atoms with Gasteiger partial charge in [0.05, 0.1) is 21.5 Å². The normalized spacial score (nSPS) is 12.7. The fourth-order valence-electron chi connectivity index (χ4n) is 4.38. The topological polar surface area (TPSA) is 188 Å². The van der Waals surface area contributed by atoms with E-state index >= 15 is 0 Å². The number of fused-ring (bicyclic) bond motifs is 3. The van der Waals surface area contributed by atoms with Gasteiger partial charge in [0.2, 0.25) is 5.82 Å². The molecule has 1 heterocycles. The summed E-state index contributed by atoms with van der Waals surface area (Å²) in [5.74, 6) is -0.471. The molecule has 0 saturated heterocycles. The predicted molar refractivity (Wildman–Crippen MR) is 145 cm³/mol. The molecule has 0 fully saturated rings. The van der Waals surface area contributed by atoms with Gasteiger partial charge in [-0.15, -0.1) is 0 Å². The first kappa shape index (κ1) is 26.6. The number of hydrogen-bond donors (Lipinski definition) is 6. The minimum absolute atomic E-state index is 0.0388. The smallest absolute Gasteiger partial charge is 0.298 e. The van der Waals surface area contributed by atoms with E-state index in [2.05, 4.69) is 41.9 Å². The predicted octanol–water partition coefficient (Wildman–Crippen LogP) is 3.95. The van der Waals surface area contributed by atoms with E-state index in [1.807, 2.05) is 29.7 Å². The first-order chi connectivity index (χ1) is 18.7. The molecule has 1 aliphatic carbocycles. The van der Waals surface area contributed by atoms with E-state index in [0.717, 1.165) is 16.7 Å². The van der Waals surface area contributed by atoms with Gasteiger partial charge in [-0.05, 0) is 72.8 Å². The third kappa shape index (κ3) is 5.29. The van der Waals surface area contributed by atoms with Crippen LogP contribution in [0.5, 0.6) is 0 Å². The summed E-state index contributed by atoms with van der Waals surface area (Å²) in [6, 6.07) is 13.2. The van der Waals surface area contributed by atoms with Crippen molar-refractivity contribution in [2.24, 2.45) is 4.99 Å². The van der Waals surface area contributed by atoms with Gasteiger partial charge in [0.15, 0.2) is 11.5 Å². The number of amidine groups is 1. The number of nitrogens with one attached hydrogen (secondary N) is 3. The van der Waals surface area contributed by atoms with Crippen LogP contribution < -0.4 is 21.8 Å².